The second-order valence-electron chi connectivity index (χ2n) is 6.40. The molecule has 4 aromatic heterocycles. The Hall–Kier alpha value is -3.85. The first-order valence-corrected chi connectivity index (χ1v) is 9.01. The molecule has 9 nitrogen and oxygen atoms in total. The molecule has 0 fully saturated rings. The summed E-state index contributed by atoms with van der Waals surface area (Å²) in [6, 6.07) is 10.8. The highest BCUT2D eigenvalue weighted by molar-refractivity contribution is 5.95. The van der Waals surface area contributed by atoms with Crippen LogP contribution in [-0.2, 0) is 0 Å². The standard InChI is InChI=1S/C20H19N7O2/c1-12-3-2-4-14(24-12)17-18(15-5-7-23-20(21)25-15)27-9-6-13(11-16(27)26-17)19(29)22-8-10-28/h2-7,9,11,28H,8,10H2,1H3,(H,22,29)(H2,21,23,25). The van der Waals surface area contributed by atoms with Crippen LogP contribution in [-0.4, -0.2) is 48.5 Å². The number of nitrogens with zero attached hydrogens (tertiary/aromatic N) is 5. The zero-order valence-electron chi connectivity index (χ0n) is 15.7. The number of fused-ring (bicyclic) bond motifs is 1. The molecule has 4 aromatic rings. The van der Waals surface area contributed by atoms with Gasteiger partial charge in [-0.05, 0) is 37.3 Å². The molecule has 4 rings (SSSR count). The Bertz CT molecular complexity index is 1200. The van der Waals surface area contributed by atoms with Gasteiger partial charge in [-0.3, -0.25) is 14.2 Å². The molecule has 0 radical (unpaired) electrons. The van der Waals surface area contributed by atoms with Crippen molar-refractivity contribution < 1.29 is 9.90 Å². The number of aliphatic hydroxyl groups excluding tert-OH is 1. The minimum absolute atomic E-state index is 0.125. The van der Waals surface area contributed by atoms with Gasteiger partial charge in [-0.2, -0.15) is 0 Å². The van der Waals surface area contributed by atoms with Gasteiger partial charge in [0.05, 0.1) is 18.0 Å². The van der Waals surface area contributed by atoms with Crippen molar-refractivity contribution in [3.63, 3.8) is 0 Å². The molecular formula is C20H19N7O2. The first-order chi connectivity index (χ1) is 14.1. The zero-order valence-corrected chi connectivity index (χ0v) is 15.7. The van der Waals surface area contributed by atoms with Gasteiger partial charge in [0, 0.05) is 30.2 Å². The van der Waals surface area contributed by atoms with Gasteiger partial charge in [0.2, 0.25) is 5.95 Å². The van der Waals surface area contributed by atoms with Crippen molar-refractivity contribution in [2.75, 3.05) is 18.9 Å². The molecule has 0 bridgehead atoms. The Kier molecular flexibility index (Phi) is 4.88. The van der Waals surface area contributed by atoms with Gasteiger partial charge in [0.25, 0.3) is 5.91 Å². The Morgan fingerprint density at radius 2 is 2.03 bits per heavy atom. The second kappa shape index (κ2) is 7.64. The van der Waals surface area contributed by atoms with E-state index in [4.69, 9.17) is 15.8 Å². The first-order valence-electron chi connectivity index (χ1n) is 9.01. The number of aliphatic hydroxyl groups is 1. The number of hydrogen-bond acceptors (Lipinski definition) is 7. The molecule has 0 saturated heterocycles. The van der Waals surface area contributed by atoms with Crippen LogP contribution in [0, 0.1) is 6.92 Å². The van der Waals surface area contributed by atoms with Gasteiger partial charge in [-0.25, -0.2) is 15.0 Å². The molecular weight excluding hydrogens is 370 g/mol. The molecule has 0 saturated carbocycles. The predicted molar refractivity (Wildman–Crippen MR) is 108 cm³/mol. The van der Waals surface area contributed by atoms with E-state index in [9.17, 15) is 4.79 Å². The number of hydrogen-bond donors (Lipinski definition) is 3. The van der Waals surface area contributed by atoms with E-state index in [2.05, 4.69) is 20.3 Å². The number of aromatic nitrogens is 5. The number of carbonyl (C=O) groups excluding carboxylic acids is 1. The monoisotopic (exact) mass is 389 g/mol. The molecule has 0 aliphatic rings. The number of nitrogens with one attached hydrogen (secondary N) is 1. The van der Waals surface area contributed by atoms with Gasteiger partial charge in [-0.1, -0.05) is 6.07 Å². The van der Waals surface area contributed by atoms with E-state index >= 15 is 0 Å². The van der Waals surface area contributed by atoms with Gasteiger partial charge >= 0.3 is 0 Å². The van der Waals surface area contributed by atoms with E-state index in [1.54, 1.807) is 30.6 Å². The molecule has 0 atom stereocenters. The summed E-state index contributed by atoms with van der Waals surface area (Å²) in [5.74, 6) is -0.131. The third kappa shape index (κ3) is 3.63. The molecule has 9 heteroatoms. The van der Waals surface area contributed by atoms with Crippen LogP contribution in [0.2, 0.25) is 0 Å². The van der Waals surface area contributed by atoms with Crippen LogP contribution in [0.15, 0.2) is 48.8 Å². The summed E-state index contributed by atoms with van der Waals surface area (Å²) < 4.78 is 1.84. The lowest BCUT2D eigenvalue weighted by Crippen LogP contribution is -2.26. The number of anilines is 1. The first kappa shape index (κ1) is 18.5. The van der Waals surface area contributed by atoms with Crippen LogP contribution in [0.1, 0.15) is 16.1 Å². The highest BCUT2D eigenvalue weighted by Gasteiger charge is 2.19. The number of nitrogens with two attached hydrogens (primary N) is 1. The third-order valence-electron chi connectivity index (χ3n) is 4.33. The van der Waals surface area contributed by atoms with E-state index in [1.807, 2.05) is 29.5 Å². The quantitative estimate of drug-likeness (QED) is 0.471. The molecule has 4 heterocycles. The van der Waals surface area contributed by atoms with Crippen LogP contribution >= 0.6 is 0 Å². The maximum absolute atomic E-state index is 12.3. The van der Waals surface area contributed by atoms with E-state index in [1.165, 1.54) is 0 Å². The normalized spacial score (nSPS) is 11.0. The maximum Gasteiger partial charge on any atom is 0.251 e. The Morgan fingerprint density at radius 3 is 2.79 bits per heavy atom. The topological polar surface area (TPSA) is 131 Å². The number of pyridine rings is 2. The number of nitrogen functional groups attached to an aromatic ring is 1. The smallest absolute Gasteiger partial charge is 0.251 e. The largest absolute Gasteiger partial charge is 0.395 e. The van der Waals surface area contributed by atoms with Crippen molar-refractivity contribution in [3.8, 4) is 22.8 Å². The molecule has 146 valence electrons. The van der Waals surface area contributed by atoms with Crippen LogP contribution in [0.3, 0.4) is 0 Å². The van der Waals surface area contributed by atoms with Crippen molar-refractivity contribution in [2.45, 2.75) is 6.92 Å². The van der Waals surface area contributed by atoms with E-state index in [-0.39, 0.29) is 25.0 Å². The second-order valence-corrected chi connectivity index (χ2v) is 6.40. The summed E-state index contributed by atoms with van der Waals surface area (Å²) in [4.78, 5) is 29.9. The van der Waals surface area contributed by atoms with E-state index in [0.29, 0.717) is 34.0 Å². The Morgan fingerprint density at radius 1 is 1.17 bits per heavy atom. The third-order valence-corrected chi connectivity index (χ3v) is 4.33. The Labute approximate surface area is 166 Å². The molecule has 1 amide bonds. The van der Waals surface area contributed by atoms with Crippen molar-refractivity contribution in [3.05, 3.63) is 60.0 Å². The molecule has 0 aliphatic heterocycles. The minimum Gasteiger partial charge on any atom is -0.395 e. The summed E-state index contributed by atoms with van der Waals surface area (Å²) in [6.45, 7) is 1.97. The summed E-state index contributed by atoms with van der Waals surface area (Å²) in [5.41, 5.74) is 10.3. The van der Waals surface area contributed by atoms with E-state index < -0.39 is 0 Å². The number of carbonyl (C=O) groups is 1. The van der Waals surface area contributed by atoms with Crippen LogP contribution in [0.4, 0.5) is 5.95 Å². The summed E-state index contributed by atoms with van der Waals surface area (Å²) in [5, 5.41) is 11.5. The predicted octanol–water partition coefficient (Wildman–Crippen LogP) is 1.47. The van der Waals surface area contributed by atoms with Gasteiger partial charge in [0.15, 0.2) is 0 Å². The maximum atomic E-state index is 12.3. The lowest BCUT2D eigenvalue weighted by atomic mass is 10.1. The fraction of sp³-hybridized carbons (Fsp3) is 0.150. The molecule has 0 aromatic carbocycles. The number of amides is 1. The fourth-order valence-electron chi connectivity index (χ4n) is 3.06. The van der Waals surface area contributed by atoms with E-state index in [0.717, 1.165) is 5.69 Å². The average Bonchev–Trinajstić information content (AvgIpc) is 3.10. The molecule has 0 spiro atoms. The molecule has 29 heavy (non-hydrogen) atoms. The number of aryl methyl sites for hydroxylation is 1. The van der Waals surface area contributed by atoms with Crippen LogP contribution in [0.5, 0.6) is 0 Å². The SMILES string of the molecule is Cc1cccc(-c2nc3cc(C(=O)NCCO)ccn3c2-c2ccnc(N)n2)n1. The average molecular weight is 389 g/mol. The highest BCUT2D eigenvalue weighted by atomic mass is 16.3. The van der Waals surface area contributed by atoms with Crippen molar-refractivity contribution >= 4 is 17.5 Å². The summed E-state index contributed by atoms with van der Waals surface area (Å²) >= 11 is 0. The molecule has 0 unspecified atom stereocenters. The van der Waals surface area contributed by atoms with Gasteiger partial charge < -0.3 is 16.2 Å². The molecule has 0 aliphatic carbocycles. The number of rotatable bonds is 5. The van der Waals surface area contributed by atoms with Gasteiger partial charge in [0.1, 0.15) is 17.0 Å². The summed E-state index contributed by atoms with van der Waals surface area (Å²) in [7, 11) is 0. The summed E-state index contributed by atoms with van der Waals surface area (Å²) in [6.07, 6.45) is 3.34. The van der Waals surface area contributed by atoms with Crippen LogP contribution in [0.25, 0.3) is 28.4 Å². The lowest BCUT2D eigenvalue weighted by Gasteiger charge is -2.07. The number of imidazole rings is 1. The lowest BCUT2D eigenvalue weighted by molar-refractivity contribution is 0.0944. The minimum atomic E-state index is -0.285. The van der Waals surface area contributed by atoms with Crippen LogP contribution < -0.4 is 11.1 Å². The van der Waals surface area contributed by atoms with Crippen molar-refractivity contribution in [2.24, 2.45) is 0 Å². The zero-order chi connectivity index (χ0) is 20.4. The van der Waals surface area contributed by atoms with Gasteiger partial charge in [-0.15, -0.1) is 0 Å². The van der Waals surface area contributed by atoms with Crippen molar-refractivity contribution in [1.82, 2.24) is 29.7 Å². The highest BCUT2D eigenvalue weighted by Crippen LogP contribution is 2.31. The van der Waals surface area contributed by atoms with Crippen molar-refractivity contribution in [1.29, 1.82) is 0 Å². The fourth-order valence-corrected chi connectivity index (χ4v) is 3.06. The molecule has 4 N–H and O–H groups in total. The Balaban J connectivity index is 1.92.